The van der Waals surface area contributed by atoms with E-state index in [1.807, 2.05) is 29.2 Å². The smallest absolute Gasteiger partial charge is 0.225 e. The van der Waals surface area contributed by atoms with Crippen LogP contribution in [0.15, 0.2) is 24.3 Å². The normalized spacial score (nSPS) is 21.1. The van der Waals surface area contributed by atoms with Crippen LogP contribution >= 0.6 is 11.6 Å². The van der Waals surface area contributed by atoms with E-state index >= 15 is 0 Å². The average molecular weight is 335 g/mol. The maximum absolute atomic E-state index is 12.3. The van der Waals surface area contributed by atoms with Crippen molar-refractivity contribution in [1.82, 2.24) is 10.2 Å². The van der Waals surface area contributed by atoms with Gasteiger partial charge in [0.25, 0.3) is 0 Å². The van der Waals surface area contributed by atoms with Crippen molar-refractivity contribution < 1.29 is 9.59 Å². The first-order chi connectivity index (χ1) is 11.1. The van der Waals surface area contributed by atoms with E-state index in [1.165, 1.54) is 0 Å². The topological polar surface area (TPSA) is 49.4 Å². The molecule has 1 saturated heterocycles. The summed E-state index contributed by atoms with van der Waals surface area (Å²) in [5.74, 6) is 0.509. The van der Waals surface area contributed by atoms with Gasteiger partial charge in [0.2, 0.25) is 11.8 Å². The van der Waals surface area contributed by atoms with E-state index in [4.69, 9.17) is 11.6 Å². The highest BCUT2D eigenvalue weighted by Gasteiger charge is 2.36. The second-order valence-electron chi connectivity index (χ2n) is 6.57. The zero-order valence-corrected chi connectivity index (χ0v) is 14.0. The van der Waals surface area contributed by atoms with Crippen molar-refractivity contribution in [2.75, 3.05) is 19.6 Å². The number of nitrogens with zero attached hydrogens (tertiary/aromatic N) is 1. The van der Waals surface area contributed by atoms with Crippen LogP contribution in [-0.4, -0.2) is 36.3 Å². The number of amides is 2. The van der Waals surface area contributed by atoms with E-state index in [0.29, 0.717) is 13.1 Å². The van der Waals surface area contributed by atoms with Crippen LogP contribution in [0.4, 0.5) is 0 Å². The molecule has 2 amide bonds. The van der Waals surface area contributed by atoms with E-state index in [0.717, 1.165) is 49.2 Å². The van der Waals surface area contributed by atoms with E-state index < -0.39 is 0 Å². The first-order valence-corrected chi connectivity index (χ1v) is 8.82. The molecule has 2 aliphatic rings. The summed E-state index contributed by atoms with van der Waals surface area (Å²) in [7, 11) is 0. The lowest BCUT2D eigenvalue weighted by molar-refractivity contribution is -0.136. The van der Waals surface area contributed by atoms with Gasteiger partial charge < -0.3 is 10.2 Å². The molecule has 1 aliphatic heterocycles. The molecule has 0 bridgehead atoms. The number of piperidine rings is 1. The molecule has 1 atom stereocenters. The van der Waals surface area contributed by atoms with Crippen LogP contribution in [0.2, 0.25) is 5.02 Å². The second-order valence-corrected chi connectivity index (χ2v) is 7.00. The van der Waals surface area contributed by atoms with Crippen LogP contribution in [0.5, 0.6) is 0 Å². The summed E-state index contributed by atoms with van der Waals surface area (Å²) >= 11 is 5.86. The standard InChI is InChI=1S/C18H23ClN2O2/c19-16-7-3-13(4-8-16)9-10-20-17(22)15-2-1-11-21(12-15)18(23)14-5-6-14/h3-4,7-8,14-15H,1-2,5-6,9-12H2,(H,20,22)/t15-/m1/s1. The number of nitrogens with one attached hydrogen (secondary N) is 1. The Labute approximate surface area is 142 Å². The van der Waals surface area contributed by atoms with Crippen molar-refractivity contribution in [3.63, 3.8) is 0 Å². The summed E-state index contributed by atoms with van der Waals surface area (Å²) in [5.41, 5.74) is 1.16. The number of benzene rings is 1. The molecule has 1 aromatic rings. The molecule has 0 unspecified atom stereocenters. The van der Waals surface area contributed by atoms with Gasteiger partial charge in [-0.15, -0.1) is 0 Å². The third-order valence-electron chi connectivity index (χ3n) is 4.66. The lowest BCUT2D eigenvalue weighted by atomic mass is 9.96. The van der Waals surface area contributed by atoms with Gasteiger partial charge >= 0.3 is 0 Å². The number of likely N-dealkylation sites (tertiary alicyclic amines) is 1. The Morgan fingerprint density at radius 3 is 2.57 bits per heavy atom. The van der Waals surface area contributed by atoms with Gasteiger partial charge in [0, 0.05) is 30.6 Å². The first-order valence-electron chi connectivity index (χ1n) is 8.44. The Morgan fingerprint density at radius 1 is 1.13 bits per heavy atom. The summed E-state index contributed by atoms with van der Waals surface area (Å²) in [6.07, 6.45) is 4.63. The van der Waals surface area contributed by atoms with Crippen molar-refractivity contribution in [2.24, 2.45) is 11.8 Å². The monoisotopic (exact) mass is 334 g/mol. The molecule has 3 rings (SSSR count). The highest BCUT2D eigenvalue weighted by molar-refractivity contribution is 6.30. The number of hydrogen-bond donors (Lipinski definition) is 1. The molecule has 124 valence electrons. The average Bonchev–Trinajstić information content (AvgIpc) is 3.41. The minimum absolute atomic E-state index is 0.0586. The van der Waals surface area contributed by atoms with Gasteiger partial charge in [-0.1, -0.05) is 23.7 Å². The highest BCUT2D eigenvalue weighted by atomic mass is 35.5. The van der Waals surface area contributed by atoms with Gasteiger partial charge in [0.1, 0.15) is 0 Å². The molecular weight excluding hydrogens is 312 g/mol. The van der Waals surface area contributed by atoms with Crippen LogP contribution < -0.4 is 5.32 Å². The fraction of sp³-hybridized carbons (Fsp3) is 0.556. The predicted octanol–water partition coefficient (Wildman–Crippen LogP) is 2.65. The number of carbonyl (C=O) groups excluding carboxylic acids is 2. The van der Waals surface area contributed by atoms with E-state index in [9.17, 15) is 9.59 Å². The molecule has 2 fully saturated rings. The Balaban J connectivity index is 1.43. The van der Waals surface area contributed by atoms with Gasteiger partial charge in [-0.25, -0.2) is 0 Å². The molecule has 1 N–H and O–H groups in total. The highest BCUT2D eigenvalue weighted by Crippen LogP contribution is 2.32. The molecule has 23 heavy (non-hydrogen) atoms. The van der Waals surface area contributed by atoms with Crippen LogP contribution in [0.1, 0.15) is 31.2 Å². The summed E-state index contributed by atoms with van der Waals surface area (Å²) in [4.78, 5) is 26.4. The molecule has 1 aliphatic carbocycles. The Hall–Kier alpha value is -1.55. The maximum Gasteiger partial charge on any atom is 0.225 e. The van der Waals surface area contributed by atoms with E-state index in [1.54, 1.807) is 0 Å². The van der Waals surface area contributed by atoms with Gasteiger partial charge in [0.05, 0.1) is 5.92 Å². The van der Waals surface area contributed by atoms with Gasteiger partial charge in [-0.2, -0.15) is 0 Å². The molecule has 5 heteroatoms. The van der Waals surface area contributed by atoms with Crippen LogP contribution in [0.3, 0.4) is 0 Å². The van der Waals surface area contributed by atoms with Crippen molar-refractivity contribution in [3.05, 3.63) is 34.9 Å². The second kappa shape index (κ2) is 7.35. The van der Waals surface area contributed by atoms with E-state index in [-0.39, 0.29) is 23.7 Å². The summed E-state index contributed by atoms with van der Waals surface area (Å²) in [6.45, 7) is 2.01. The summed E-state index contributed by atoms with van der Waals surface area (Å²) in [5, 5.41) is 3.73. The zero-order valence-electron chi connectivity index (χ0n) is 13.3. The third-order valence-corrected chi connectivity index (χ3v) is 4.91. The third kappa shape index (κ3) is 4.47. The van der Waals surface area contributed by atoms with Gasteiger partial charge in [0.15, 0.2) is 0 Å². The lowest BCUT2D eigenvalue weighted by Gasteiger charge is -2.32. The van der Waals surface area contributed by atoms with Crippen molar-refractivity contribution in [3.8, 4) is 0 Å². The van der Waals surface area contributed by atoms with Crippen LogP contribution in [0.25, 0.3) is 0 Å². The number of carbonyl (C=O) groups is 2. The molecule has 4 nitrogen and oxygen atoms in total. The zero-order chi connectivity index (χ0) is 16.2. The summed E-state index contributed by atoms with van der Waals surface area (Å²) in [6, 6.07) is 7.68. The van der Waals surface area contributed by atoms with Crippen molar-refractivity contribution in [1.29, 1.82) is 0 Å². The number of halogens is 1. The van der Waals surface area contributed by atoms with Crippen LogP contribution in [-0.2, 0) is 16.0 Å². The molecule has 0 radical (unpaired) electrons. The van der Waals surface area contributed by atoms with E-state index in [2.05, 4.69) is 5.32 Å². The fourth-order valence-corrected chi connectivity index (χ4v) is 3.23. The minimum Gasteiger partial charge on any atom is -0.355 e. The molecule has 1 heterocycles. The molecule has 0 spiro atoms. The number of hydrogen-bond acceptors (Lipinski definition) is 2. The van der Waals surface area contributed by atoms with Gasteiger partial charge in [-0.3, -0.25) is 9.59 Å². The van der Waals surface area contributed by atoms with Crippen molar-refractivity contribution in [2.45, 2.75) is 32.1 Å². The van der Waals surface area contributed by atoms with Crippen LogP contribution in [0, 0.1) is 11.8 Å². The quantitative estimate of drug-likeness (QED) is 0.900. The van der Waals surface area contributed by atoms with Crippen molar-refractivity contribution >= 4 is 23.4 Å². The SMILES string of the molecule is O=C(NCCc1ccc(Cl)cc1)[C@@H]1CCCN(C(=O)C2CC2)C1. The Kier molecular flexibility index (Phi) is 5.21. The van der Waals surface area contributed by atoms with Gasteiger partial charge in [-0.05, 0) is 49.8 Å². The molecular formula is C18H23ClN2O2. The molecule has 1 saturated carbocycles. The summed E-state index contributed by atoms with van der Waals surface area (Å²) < 4.78 is 0. The first kappa shape index (κ1) is 16.3. The minimum atomic E-state index is -0.0586. The maximum atomic E-state index is 12.3. The molecule has 0 aromatic heterocycles. The Bertz CT molecular complexity index is 569. The largest absolute Gasteiger partial charge is 0.355 e. The number of rotatable bonds is 5. The Morgan fingerprint density at radius 2 is 1.87 bits per heavy atom. The predicted molar refractivity (Wildman–Crippen MR) is 90.2 cm³/mol. The lowest BCUT2D eigenvalue weighted by Crippen LogP contribution is -2.46. The fourth-order valence-electron chi connectivity index (χ4n) is 3.11. The molecule has 1 aromatic carbocycles.